The van der Waals surface area contributed by atoms with Crippen LogP contribution in [0.25, 0.3) is 11.0 Å². The molecule has 0 N–H and O–H groups in total. The third kappa shape index (κ3) is 3.67. The molecule has 2 atom stereocenters. The molecule has 1 aromatic carbocycles. The Labute approximate surface area is 128 Å². The van der Waals surface area contributed by atoms with Gasteiger partial charge in [0.25, 0.3) is 0 Å². The van der Waals surface area contributed by atoms with Crippen LogP contribution < -0.4 is 10.4 Å². The number of benzene rings is 1. The van der Waals surface area contributed by atoms with Crippen molar-refractivity contribution >= 4 is 16.9 Å². The van der Waals surface area contributed by atoms with Crippen LogP contribution in [0.2, 0.25) is 0 Å². The lowest BCUT2D eigenvalue weighted by atomic mass is 10.1. The van der Waals surface area contributed by atoms with E-state index in [0.29, 0.717) is 11.3 Å². The molecule has 22 heavy (non-hydrogen) atoms. The Bertz CT molecular complexity index is 731. The summed E-state index contributed by atoms with van der Waals surface area (Å²) in [7, 11) is 0. The molecule has 0 spiro atoms. The van der Waals surface area contributed by atoms with Crippen molar-refractivity contribution in [1.82, 2.24) is 0 Å². The zero-order chi connectivity index (χ0) is 16.3. The fraction of sp³-hybridized carbons (Fsp3) is 0.412. The number of aryl methyl sites for hydroxylation is 1. The van der Waals surface area contributed by atoms with Crippen LogP contribution in [0.1, 0.15) is 32.8 Å². The van der Waals surface area contributed by atoms with Gasteiger partial charge in [-0.1, -0.05) is 6.92 Å². The smallest absolute Gasteiger partial charge is 0.347 e. The summed E-state index contributed by atoms with van der Waals surface area (Å²) in [5.74, 6) is 0.0370. The topological polar surface area (TPSA) is 65.7 Å². The minimum Gasteiger partial charge on any atom is -0.479 e. The largest absolute Gasteiger partial charge is 0.479 e. The van der Waals surface area contributed by atoms with Crippen LogP contribution in [0.5, 0.6) is 5.75 Å². The molecule has 1 aromatic heterocycles. The molecule has 0 radical (unpaired) electrons. The molecule has 0 aliphatic heterocycles. The van der Waals surface area contributed by atoms with E-state index in [9.17, 15) is 9.59 Å². The Kier molecular flexibility index (Phi) is 4.85. The van der Waals surface area contributed by atoms with Gasteiger partial charge in [0, 0.05) is 17.5 Å². The second-order valence-corrected chi connectivity index (χ2v) is 5.32. The highest BCUT2D eigenvalue weighted by Gasteiger charge is 2.18. The van der Waals surface area contributed by atoms with E-state index in [0.717, 1.165) is 17.4 Å². The molecule has 0 saturated heterocycles. The monoisotopic (exact) mass is 304 g/mol. The summed E-state index contributed by atoms with van der Waals surface area (Å²) in [6.45, 7) is 7.24. The van der Waals surface area contributed by atoms with Gasteiger partial charge in [-0.05, 0) is 44.9 Å². The quantitative estimate of drug-likeness (QED) is 0.627. The minimum absolute atomic E-state index is 0.143. The fourth-order valence-corrected chi connectivity index (χ4v) is 2.01. The lowest BCUT2D eigenvalue weighted by Gasteiger charge is -2.17. The van der Waals surface area contributed by atoms with Gasteiger partial charge >= 0.3 is 11.6 Å². The summed E-state index contributed by atoms with van der Waals surface area (Å²) in [6.07, 6.45) is -0.127. The van der Waals surface area contributed by atoms with Gasteiger partial charge in [-0.3, -0.25) is 0 Å². The van der Waals surface area contributed by atoms with Crippen LogP contribution >= 0.6 is 0 Å². The summed E-state index contributed by atoms with van der Waals surface area (Å²) in [5, 5.41) is 0.835. The molecule has 5 nitrogen and oxygen atoms in total. The second kappa shape index (κ2) is 6.64. The molecule has 2 rings (SSSR count). The zero-order valence-corrected chi connectivity index (χ0v) is 13.2. The van der Waals surface area contributed by atoms with E-state index in [4.69, 9.17) is 13.9 Å². The van der Waals surface area contributed by atoms with Crippen molar-refractivity contribution in [2.75, 3.05) is 0 Å². The van der Waals surface area contributed by atoms with Crippen LogP contribution in [0.4, 0.5) is 0 Å². The van der Waals surface area contributed by atoms with Crippen molar-refractivity contribution in [1.29, 1.82) is 0 Å². The molecule has 0 aliphatic rings. The van der Waals surface area contributed by atoms with E-state index >= 15 is 0 Å². The molecule has 0 fully saturated rings. The Hall–Kier alpha value is -2.30. The summed E-state index contributed by atoms with van der Waals surface area (Å²) in [6, 6.07) is 6.59. The first kappa shape index (κ1) is 16.1. The third-order valence-corrected chi connectivity index (χ3v) is 3.46. The molecule has 0 bridgehead atoms. The number of ether oxygens (including phenoxy) is 2. The van der Waals surface area contributed by atoms with Gasteiger partial charge in [0.05, 0.1) is 6.10 Å². The summed E-state index contributed by atoms with van der Waals surface area (Å²) < 4.78 is 16.0. The normalized spacial score (nSPS) is 13.6. The van der Waals surface area contributed by atoms with Crippen LogP contribution in [0.15, 0.2) is 33.5 Å². The van der Waals surface area contributed by atoms with E-state index in [2.05, 4.69) is 0 Å². The van der Waals surface area contributed by atoms with E-state index in [1.165, 1.54) is 6.07 Å². The number of esters is 1. The van der Waals surface area contributed by atoms with Gasteiger partial charge in [-0.15, -0.1) is 0 Å². The van der Waals surface area contributed by atoms with E-state index in [1.54, 1.807) is 25.1 Å². The van der Waals surface area contributed by atoms with Crippen molar-refractivity contribution in [3.63, 3.8) is 0 Å². The summed E-state index contributed by atoms with van der Waals surface area (Å²) >= 11 is 0. The van der Waals surface area contributed by atoms with Crippen molar-refractivity contribution in [3.05, 3.63) is 40.2 Å². The molecular weight excluding hydrogens is 284 g/mol. The van der Waals surface area contributed by atoms with Gasteiger partial charge < -0.3 is 13.9 Å². The molecule has 5 heteroatoms. The lowest BCUT2D eigenvalue weighted by Crippen LogP contribution is -2.29. The predicted octanol–water partition coefficient (Wildman–Crippen LogP) is 3.21. The number of fused-ring (bicyclic) bond motifs is 1. The molecule has 0 aliphatic carbocycles. The maximum absolute atomic E-state index is 11.9. The van der Waals surface area contributed by atoms with Crippen molar-refractivity contribution in [3.8, 4) is 5.75 Å². The Morgan fingerprint density at radius 2 is 2.00 bits per heavy atom. The standard InChI is InChI=1S/C17H20O5/c1-5-11(3)20-17(19)12(4)21-13-6-7-14-10(2)8-16(18)22-15(14)9-13/h6-9,11-12H,5H2,1-4H3/t11-,12+/m1/s1. The SMILES string of the molecule is CC[C@@H](C)OC(=O)[C@H](C)Oc1ccc2c(C)cc(=O)oc2c1. The van der Waals surface area contributed by atoms with E-state index in [-0.39, 0.29) is 6.10 Å². The van der Waals surface area contributed by atoms with Crippen LogP contribution in [0.3, 0.4) is 0 Å². The van der Waals surface area contributed by atoms with Crippen molar-refractivity contribution in [2.45, 2.75) is 46.3 Å². The average molecular weight is 304 g/mol. The average Bonchev–Trinajstić information content (AvgIpc) is 2.46. The molecule has 118 valence electrons. The van der Waals surface area contributed by atoms with Gasteiger partial charge in [-0.2, -0.15) is 0 Å². The maximum Gasteiger partial charge on any atom is 0.347 e. The summed E-state index contributed by atoms with van der Waals surface area (Å²) in [5.41, 5.74) is 0.860. The van der Waals surface area contributed by atoms with Gasteiger partial charge in [0.2, 0.25) is 0 Å². The molecule has 1 heterocycles. The molecule has 0 amide bonds. The lowest BCUT2D eigenvalue weighted by molar-refractivity contribution is -0.155. The highest BCUT2D eigenvalue weighted by molar-refractivity contribution is 5.81. The number of carbonyl (C=O) groups excluding carboxylic acids is 1. The van der Waals surface area contributed by atoms with E-state index in [1.807, 2.05) is 20.8 Å². The van der Waals surface area contributed by atoms with Gasteiger partial charge in [-0.25, -0.2) is 9.59 Å². The summed E-state index contributed by atoms with van der Waals surface area (Å²) in [4.78, 5) is 23.3. The number of hydrogen-bond donors (Lipinski definition) is 0. The molecular formula is C17H20O5. The first-order valence-electron chi connectivity index (χ1n) is 7.32. The van der Waals surface area contributed by atoms with E-state index < -0.39 is 17.7 Å². The van der Waals surface area contributed by atoms with Crippen molar-refractivity contribution < 1.29 is 18.7 Å². The zero-order valence-electron chi connectivity index (χ0n) is 13.2. The number of rotatable bonds is 5. The maximum atomic E-state index is 11.9. The number of hydrogen-bond acceptors (Lipinski definition) is 5. The highest BCUT2D eigenvalue weighted by Crippen LogP contribution is 2.23. The molecule has 2 aromatic rings. The van der Waals surface area contributed by atoms with Gasteiger partial charge in [0.15, 0.2) is 6.10 Å². The minimum atomic E-state index is -0.733. The Morgan fingerprint density at radius 3 is 2.68 bits per heavy atom. The Balaban J connectivity index is 2.18. The second-order valence-electron chi connectivity index (χ2n) is 5.32. The fourth-order valence-electron chi connectivity index (χ4n) is 2.01. The van der Waals surface area contributed by atoms with Gasteiger partial charge in [0.1, 0.15) is 11.3 Å². The van der Waals surface area contributed by atoms with Crippen LogP contribution in [0, 0.1) is 6.92 Å². The third-order valence-electron chi connectivity index (χ3n) is 3.46. The highest BCUT2D eigenvalue weighted by atomic mass is 16.6. The van der Waals surface area contributed by atoms with Crippen LogP contribution in [-0.4, -0.2) is 18.2 Å². The van der Waals surface area contributed by atoms with Crippen molar-refractivity contribution in [2.24, 2.45) is 0 Å². The molecule has 0 saturated carbocycles. The van der Waals surface area contributed by atoms with Crippen LogP contribution in [-0.2, 0) is 9.53 Å². The molecule has 0 unspecified atom stereocenters. The number of carbonyl (C=O) groups is 1. The Morgan fingerprint density at radius 1 is 1.27 bits per heavy atom. The first-order chi connectivity index (χ1) is 10.4. The first-order valence-corrected chi connectivity index (χ1v) is 7.32. The predicted molar refractivity (Wildman–Crippen MR) is 83.2 cm³/mol.